The van der Waals surface area contributed by atoms with Crippen LogP contribution >= 0.6 is 0 Å². The Morgan fingerprint density at radius 3 is 1.62 bits per heavy atom. The third-order valence-corrected chi connectivity index (χ3v) is 15.3. The van der Waals surface area contributed by atoms with Crippen molar-refractivity contribution in [1.29, 1.82) is 0 Å². The summed E-state index contributed by atoms with van der Waals surface area (Å²) < 4.78 is 0. The van der Waals surface area contributed by atoms with Gasteiger partial charge >= 0.3 is 0 Å². The standard InChI is InChI=1S/C54H53N/c1-52(2)28-29-53(3,4)51-46(52)21-13-23-48(51)55(42-26-24-38(25-27-42)37-14-7-5-8-15-37)47-22-12-20-45-50(47)49-43(39-16-9-6-10-17-39)18-11-19-44(49)54(45)40-31-35-30-36(33-40)34-41(54)32-35/h5-27,35-36,40-41H,28-34H2,1-4H3. The fourth-order valence-corrected chi connectivity index (χ4v) is 13.0. The topological polar surface area (TPSA) is 3.24 Å². The SMILES string of the molecule is CC1(C)CCC(C)(C)c2c(N(c3ccc(-c4ccccc4)cc3)c3cccc4c3-c3c(-c5ccccc5)cccc3C43C4CC5CC(C4)CC3C5)cccc21. The van der Waals surface area contributed by atoms with Crippen molar-refractivity contribution < 1.29 is 0 Å². The monoisotopic (exact) mass is 715 g/mol. The molecule has 274 valence electrons. The first-order valence-electron chi connectivity index (χ1n) is 21.2. The first kappa shape index (κ1) is 33.5. The molecule has 0 N–H and O–H groups in total. The Labute approximate surface area is 328 Å². The van der Waals surface area contributed by atoms with Crippen molar-refractivity contribution in [2.24, 2.45) is 23.7 Å². The van der Waals surface area contributed by atoms with Gasteiger partial charge in [-0.3, -0.25) is 0 Å². The quantitative estimate of drug-likeness (QED) is 0.172. The normalized spacial score (nSPS) is 26.0. The molecular weight excluding hydrogens is 663 g/mol. The van der Waals surface area contributed by atoms with Gasteiger partial charge in [0.25, 0.3) is 0 Å². The summed E-state index contributed by atoms with van der Waals surface area (Å²) in [7, 11) is 0. The molecule has 0 unspecified atom stereocenters. The summed E-state index contributed by atoms with van der Waals surface area (Å²) in [6.45, 7) is 9.90. The van der Waals surface area contributed by atoms with Gasteiger partial charge in [0.05, 0.1) is 11.4 Å². The van der Waals surface area contributed by atoms with Crippen molar-refractivity contribution in [2.75, 3.05) is 4.90 Å². The number of benzene rings is 6. The fraction of sp³-hybridized carbons (Fsp3) is 0.333. The lowest BCUT2D eigenvalue weighted by Crippen LogP contribution is -2.55. The van der Waals surface area contributed by atoms with E-state index in [0.717, 1.165) is 11.8 Å². The maximum absolute atomic E-state index is 2.69. The molecule has 6 aliphatic rings. The molecule has 6 aromatic carbocycles. The molecule has 4 saturated carbocycles. The zero-order valence-electron chi connectivity index (χ0n) is 33.0. The van der Waals surface area contributed by atoms with Gasteiger partial charge in [0.1, 0.15) is 0 Å². The third-order valence-electron chi connectivity index (χ3n) is 15.3. The highest BCUT2D eigenvalue weighted by molar-refractivity contribution is 6.01. The minimum Gasteiger partial charge on any atom is -0.310 e. The molecule has 1 spiro atoms. The molecule has 4 fully saturated rings. The van der Waals surface area contributed by atoms with Crippen LogP contribution in [0.3, 0.4) is 0 Å². The van der Waals surface area contributed by atoms with Crippen molar-refractivity contribution in [3.8, 4) is 33.4 Å². The highest BCUT2D eigenvalue weighted by Crippen LogP contribution is 2.71. The van der Waals surface area contributed by atoms with Crippen molar-refractivity contribution >= 4 is 17.1 Å². The third kappa shape index (κ3) is 4.84. The highest BCUT2D eigenvalue weighted by atomic mass is 15.2. The van der Waals surface area contributed by atoms with E-state index in [4.69, 9.17) is 0 Å². The molecule has 6 aromatic rings. The van der Waals surface area contributed by atoms with Gasteiger partial charge in [0.2, 0.25) is 0 Å². The van der Waals surface area contributed by atoms with Crippen LogP contribution in [0.4, 0.5) is 17.1 Å². The summed E-state index contributed by atoms with van der Waals surface area (Å²) in [6.07, 6.45) is 9.36. The first-order valence-corrected chi connectivity index (χ1v) is 21.2. The Hall–Kier alpha value is -4.88. The smallest absolute Gasteiger partial charge is 0.0543 e. The summed E-state index contributed by atoms with van der Waals surface area (Å²) >= 11 is 0. The Bertz CT molecular complexity index is 2400. The van der Waals surface area contributed by atoms with Gasteiger partial charge in [-0.1, -0.05) is 143 Å². The van der Waals surface area contributed by atoms with Crippen LogP contribution in [0, 0.1) is 23.7 Å². The lowest BCUT2D eigenvalue weighted by molar-refractivity contribution is -0.0399. The second kappa shape index (κ2) is 12.1. The maximum atomic E-state index is 2.69. The lowest BCUT2D eigenvalue weighted by Gasteiger charge is -2.61. The molecule has 12 rings (SSSR count). The predicted molar refractivity (Wildman–Crippen MR) is 231 cm³/mol. The number of fused-ring (bicyclic) bond motifs is 4. The van der Waals surface area contributed by atoms with Gasteiger partial charge in [-0.2, -0.15) is 0 Å². The van der Waals surface area contributed by atoms with E-state index in [1.165, 1.54) is 107 Å². The van der Waals surface area contributed by atoms with Crippen LogP contribution in [0.15, 0.2) is 140 Å². The zero-order chi connectivity index (χ0) is 37.1. The van der Waals surface area contributed by atoms with E-state index in [2.05, 4.69) is 172 Å². The molecule has 6 aliphatic carbocycles. The average Bonchev–Trinajstić information content (AvgIpc) is 3.51. The molecule has 1 heteroatoms. The maximum Gasteiger partial charge on any atom is 0.0543 e. The molecule has 0 atom stereocenters. The predicted octanol–water partition coefficient (Wildman–Crippen LogP) is 14.6. The number of hydrogen-bond donors (Lipinski definition) is 0. The van der Waals surface area contributed by atoms with Crippen LogP contribution in [-0.4, -0.2) is 0 Å². The van der Waals surface area contributed by atoms with E-state index in [9.17, 15) is 0 Å². The van der Waals surface area contributed by atoms with Crippen molar-refractivity contribution in [1.82, 2.24) is 0 Å². The molecule has 4 bridgehead atoms. The largest absolute Gasteiger partial charge is 0.310 e. The van der Waals surface area contributed by atoms with Gasteiger partial charge < -0.3 is 4.90 Å². The molecule has 0 saturated heterocycles. The minimum atomic E-state index is 0.0391. The highest BCUT2D eigenvalue weighted by Gasteiger charge is 2.62. The Balaban J connectivity index is 1.22. The van der Waals surface area contributed by atoms with Crippen molar-refractivity contribution in [3.63, 3.8) is 0 Å². The summed E-state index contributed by atoms with van der Waals surface area (Å²) in [5, 5.41) is 0. The summed E-state index contributed by atoms with van der Waals surface area (Å²) in [5.41, 5.74) is 18.5. The molecule has 0 aromatic heterocycles. The van der Waals surface area contributed by atoms with Crippen LogP contribution in [0.2, 0.25) is 0 Å². The molecule has 55 heavy (non-hydrogen) atoms. The van der Waals surface area contributed by atoms with Gasteiger partial charge in [0.15, 0.2) is 0 Å². The van der Waals surface area contributed by atoms with E-state index in [0.29, 0.717) is 11.8 Å². The second-order valence-electron chi connectivity index (χ2n) is 19.2. The van der Waals surface area contributed by atoms with Gasteiger partial charge in [-0.15, -0.1) is 0 Å². The van der Waals surface area contributed by atoms with E-state index in [-0.39, 0.29) is 16.2 Å². The second-order valence-corrected chi connectivity index (χ2v) is 19.2. The molecule has 0 amide bonds. The molecule has 0 radical (unpaired) electrons. The number of nitrogens with zero attached hydrogens (tertiary/aromatic N) is 1. The Morgan fingerprint density at radius 2 is 0.964 bits per heavy atom. The van der Waals surface area contributed by atoms with E-state index in [1.807, 2.05) is 0 Å². The number of rotatable bonds is 5. The first-order chi connectivity index (χ1) is 26.7. The van der Waals surface area contributed by atoms with Crippen LogP contribution < -0.4 is 4.90 Å². The van der Waals surface area contributed by atoms with Gasteiger partial charge in [-0.05, 0) is 154 Å². The average molecular weight is 716 g/mol. The van der Waals surface area contributed by atoms with Crippen LogP contribution in [0.5, 0.6) is 0 Å². The molecule has 0 aliphatic heterocycles. The molecule has 1 nitrogen and oxygen atoms in total. The van der Waals surface area contributed by atoms with E-state index >= 15 is 0 Å². The number of anilines is 3. The lowest BCUT2D eigenvalue weighted by atomic mass is 9.43. The number of hydrogen-bond acceptors (Lipinski definition) is 1. The summed E-state index contributed by atoms with van der Waals surface area (Å²) in [6, 6.07) is 53.6. The van der Waals surface area contributed by atoms with Crippen molar-refractivity contribution in [2.45, 2.75) is 88.9 Å². The van der Waals surface area contributed by atoms with E-state index in [1.54, 1.807) is 11.1 Å². The molecule has 0 heterocycles. The fourth-order valence-electron chi connectivity index (χ4n) is 13.0. The van der Waals surface area contributed by atoms with Crippen LogP contribution in [-0.2, 0) is 16.2 Å². The Kier molecular flexibility index (Phi) is 7.34. The van der Waals surface area contributed by atoms with Crippen LogP contribution in [0.1, 0.15) is 94.9 Å². The van der Waals surface area contributed by atoms with Gasteiger partial charge in [0, 0.05) is 16.7 Å². The summed E-state index contributed by atoms with van der Waals surface area (Å²) in [4.78, 5) is 2.69. The minimum absolute atomic E-state index is 0.0391. The summed E-state index contributed by atoms with van der Waals surface area (Å²) in [5.74, 6) is 3.21. The van der Waals surface area contributed by atoms with Gasteiger partial charge in [-0.25, -0.2) is 0 Å². The van der Waals surface area contributed by atoms with Crippen LogP contribution in [0.25, 0.3) is 33.4 Å². The zero-order valence-corrected chi connectivity index (χ0v) is 33.0. The molecular formula is C54H53N. The van der Waals surface area contributed by atoms with E-state index < -0.39 is 0 Å². The van der Waals surface area contributed by atoms with Crippen molar-refractivity contribution in [3.05, 3.63) is 162 Å². The Morgan fingerprint density at radius 1 is 0.436 bits per heavy atom.